The van der Waals surface area contributed by atoms with Crippen molar-refractivity contribution in [3.63, 3.8) is 0 Å². The predicted molar refractivity (Wildman–Crippen MR) is 25.2 cm³/mol. The van der Waals surface area contributed by atoms with Crippen LogP contribution in [-0.4, -0.2) is 13.7 Å². The van der Waals surface area contributed by atoms with Crippen LogP contribution in [0, 0.1) is 0 Å². The first-order chi connectivity index (χ1) is 2.91. The molecule has 0 heterocycles. The molecule has 0 aromatic carbocycles. The van der Waals surface area contributed by atoms with Crippen LogP contribution in [0.25, 0.3) is 0 Å². The van der Waals surface area contributed by atoms with Crippen molar-refractivity contribution in [1.29, 1.82) is 0 Å². The lowest BCUT2D eigenvalue weighted by Gasteiger charge is -1.81. The van der Waals surface area contributed by atoms with Crippen molar-refractivity contribution in [1.82, 2.24) is 0 Å². The minimum absolute atomic E-state index is 0.608. The molecule has 0 atom stereocenters. The first kappa shape index (κ1) is 5.50. The van der Waals surface area contributed by atoms with Gasteiger partial charge in [0.25, 0.3) is 0 Å². The van der Waals surface area contributed by atoms with Crippen LogP contribution in [0.3, 0.4) is 0 Å². The highest BCUT2D eigenvalue weighted by atomic mass is 16.5. The molecule has 0 aliphatic rings. The van der Waals surface area contributed by atoms with Crippen LogP contribution < -0.4 is 5.73 Å². The second-order valence-electron chi connectivity index (χ2n) is 0.883. The van der Waals surface area contributed by atoms with E-state index < -0.39 is 0 Å². The van der Waals surface area contributed by atoms with Gasteiger partial charge in [0, 0.05) is 7.11 Å². The molecule has 0 saturated heterocycles. The molecule has 0 rings (SSSR count). The lowest BCUT2D eigenvalue weighted by Crippen LogP contribution is -1.83. The fourth-order valence-corrected chi connectivity index (χ4v) is 0.152. The van der Waals surface area contributed by atoms with Crippen LogP contribution in [0.2, 0.25) is 0 Å². The van der Waals surface area contributed by atoms with E-state index in [2.05, 4.69) is 4.74 Å². The largest absolute Gasteiger partial charge is 0.405 e. The third-order valence-electron chi connectivity index (χ3n) is 0.399. The Labute approximate surface area is 37.6 Å². The fourth-order valence-electron chi connectivity index (χ4n) is 0.152. The van der Waals surface area contributed by atoms with Crippen molar-refractivity contribution in [2.45, 2.75) is 0 Å². The molecule has 0 aromatic rings. The molecular formula is C4H9NO. The SMILES string of the molecule is COC/C=C\N. The Bertz CT molecular complexity index is 42.8. The summed E-state index contributed by atoms with van der Waals surface area (Å²) in [6.07, 6.45) is 3.20. The predicted octanol–water partition coefficient (Wildman–Crippen LogP) is 0.105. The summed E-state index contributed by atoms with van der Waals surface area (Å²) in [5.41, 5.74) is 4.95. The molecular weight excluding hydrogens is 78.0 g/mol. The lowest BCUT2D eigenvalue weighted by molar-refractivity contribution is 0.233. The van der Waals surface area contributed by atoms with Crippen LogP contribution in [0.1, 0.15) is 0 Å². The molecule has 0 unspecified atom stereocenters. The van der Waals surface area contributed by atoms with Gasteiger partial charge in [-0.2, -0.15) is 0 Å². The molecule has 36 valence electrons. The number of rotatable bonds is 2. The zero-order valence-electron chi connectivity index (χ0n) is 3.85. The highest BCUT2D eigenvalue weighted by molar-refractivity contribution is 4.73. The Kier molecular flexibility index (Phi) is 4.12. The summed E-state index contributed by atoms with van der Waals surface area (Å²) < 4.78 is 4.62. The Morgan fingerprint density at radius 1 is 1.83 bits per heavy atom. The summed E-state index contributed by atoms with van der Waals surface area (Å²) in [6, 6.07) is 0. The maximum Gasteiger partial charge on any atom is 0.0660 e. The van der Waals surface area contributed by atoms with Crippen LogP contribution >= 0.6 is 0 Å². The van der Waals surface area contributed by atoms with Crippen molar-refractivity contribution in [2.24, 2.45) is 5.73 Å². The average Bonchev–Trinajstić information content (AvgIpc) is 1.61. The van der Waals surface area contributed by atoms with E-state index in [-0.39, 0.29) is 0 Å². The van der Waals surface area contributed by atoms with E-state index in [0.29, 0.717) is 6.61 Å². The van der Waals surface area contributed by atoms with Crippen molar-refractivity contribution < 1.29 is 4.74 Å². The Morgan fingerprint density at radius 2 is 2.50 bits per heavy atom. The Hall–Kier alpha value is -0.500. The molecule has 2 nitrogen and oxygen atoms in total. The number of nitrogens with two attached hydrogens (primary N) is 1. The minimum Gasteiger partial charge on any atom is -0.405 e. The Morgan fingerprint density at radius 3 is 2.67 bits per heavy atom. The molecule has 0 bridgehead atoms. The van der Waals surface area contributed by atoms with Gasteiger partial charge in [-0.1, -0.05) is 0 Å². The summed E-state index contributed by atoms with van der Waals surface area (Å²) in [7, 11) is 1.62. The van der Waals surface area contributed by atoms with E-state index in [1.807, 2.05) is 0 Å². The maximum absolute atomic E-state index is 4.95. The van der Waals surface area contributed by atoms with Crippen LogP contribution in [0.15, 0.2) is 12.3 Å². The summed E-state index contributed by atoms with van der Waals surface area (Å²) in [5.74, 6) is 0. The number of methoxy groups -OCH3 is 1. The molecule has 6 heavy (non-hydrogen) atoms. The first-order valence-corrected chi connectivity index (χ1v) is 1.77. The third-order valence-corrected chi connectivity index (χ3v) is 0.399. The van der Waals surface area contributed by atoms with Gasteiger partial charge in [-0.15, -0.1) is 0 Å². The molecule has 0 amide bonds. The minimum atomic E-state index is 0.608. The normalized spacial score (nSPS) is 10.2. The smallest absolute Gasteiger partial charge is 0.0660 e. The molecule has 0 saturated carbocycles. The van der Waals surface area contributed by atoms with Crippen molar-refractivity contribution >= 4 is 0 Å². The lowest BCUT2D eigenvalue weighted by atomic mass is 10.7. The van der Waals surface area contributed by atoms with E-state index in [1.54, 1.807) is 13.2 Å². The van der Waals surface area contributed by atoms with Gasteiger partial charge >= 0.3 is 0 Å². The Balaban J connectivity index is 2.66. The van der Waals surface area contributed by atoms with E-state index in [1.165, 1.54) is 6.20 Å². The van der Waals surface area contributed by atoms with Gasteiger partial charge in [-0.25, -0.2) is 0 Å². The van der Waals surface area contributed by atoms with Crippen molar-refractivity contribution in [3.8, 4) is 0 Å². The van der Waals surface area contributed by atoms with E-state index >= 15 is 0 Å². The first-order valence-electron chi connectivity index (χ1n) is 1.77. The summed E-state index contributed by atoms with van der Waals surface area (Å²) in [5, 5.41) is 0. The molecule has 0 spiro atoms. The molecule has 2 N–H and O–H groups in total. The molecule has 0 aliphatic carbocycles. The van der Waals surface area contributed by atoms with E-state index in [0.717, 1.165) is 0 Å². The van der Waals surface area contributed by atoms with Crippen LogP contribution in [-0.2, 0) is 4.74 Å². The highest BCUT2D eigenvalue weighted by Crippen LogP contribution is 1.64. The van der Waals surface area contributed by atoms with Gasteiger partial charge in [0.05, 0.1) is 6.61 Å². The van der Waals surface area contributed by atoms with Crippen LogP contribution in [0.5, 0.6) is 0 Å². The third kappa shape index (κ3) is 3.50. The summed E-state index contributed by atoms with van der Waals surface area (Å²) in [6.45, 7) is 0.608. The monoisotopic (exact) mass is 87.1 g/mol. The summed E-state index contributed by atoms with van der Waals surface area (Å²) in [4.78, 5) is 0. The van der Waals surface area contributed by atoms with Gasteiger partial charge in [-0.05, 0) is 12.3 Å². The van der Waals surface area contributed by atoms with E-state index in [4.69, 9.17) is 5.73 Å². The van der Waals surface area contributed by atoms with Gasteiger partial charge in [0.1, 0.15) is 0 Å². The standard InChI is InChI=1S/C4H9NO/c1-6-4-2-3-5/h2-3H,4-5H2,1H3/b3-2-. The second kappa shape index (κ2) is 4.50. The highest BCUT2D eigenvalue weighted by Gasteiger charge is 1.62. The zero-order valence-corrected chi connectivity index (χ0v) is 3.85. The molecule has 0 aliphatic heterocycles. The van der Waals surface area contributed by atoms with E-state index in [9.17, 15) is 0 Å². The van der Waals surface area contributed by atoms with Gasteiger partial charge < -0.3 is 10.5 Å². The van der Waals surface area contributed by atoms with Gasteiger partial charge in [-0.3, -0.25) is 0 Å². The maximum atomic E-state index is 4.95. The second-order valence-corrected chi connectivity index (χ2v) is 0.883. The zero-order chi connectivity index (χ0) is 4.83. The topological polar surface area (TPSA) is 35.2 Å². The number of hydrogen-bond donors (Lipinski definition) is 1. The molecule has 0 radical (unpaired) electrons. The fraction of sp³-hybridized carbons (Fsp3) is 0.500. The van der Waals surface area contributed by atoms with Crippen LogP contribution in [0.4, 0.5) is 0 Å². The molecule has 0 aromatic heterocycles. The van der Waals surface area contributed by atoms with Crippen molar-refractivity contribution in [2.75, 3.05) is 13.7 Å². The van der Waals surface area contributed by atoms with Gasteiger partial charge in [0.2, 0.25) is 0 Å². The number of hydrogen-bond acceptors (Lipinski definition) is 2. The van der Waals surface area contributed by atoms with Crippen molar-refractivity contribution in [3.05, 3.63) is 12.3 Å². The molecule has 0 fully saturated rings. The summed E-state index contributed by atoms with van der Waals surface area (Å²) >= 11 is 0. The van der Waals surface area contributed by atoms with Gasteiger partial charge in [0.15, 0.2) is 0 Å². The molecule has 2 heteroatoms. The number of ether oxygens (including phenoxy) is 1. The average molecular weight is 87.1 g/mol. The quantitative estimate of drug-likeness (QED) is 0.518.